The minimum Gasteiger partial charge on any atom is -0.390 e. The van der Waals surface area contributed by atoms with Crippen molar-refractivity contribution in [2.75, 3.05) is 66.3 Å². The van der Waals surface area contributed by atoms with Gasteiger partial charge in [0, 0.05) is 76.4 Å². The number of carbonyl (C=O) groups excluding carboxylic acids is 2. The average molecular weight is 1170 g/mol. The Hall–Kier alpha value is -8.41. The van der Waals surface area contributed by atoms with Gasteiger partial charge in [-0.15, -0.1) is 0 Å². The number of rotatable bonds is 22. The van der Waals surface area contributed by atoms with Crippen LogP contribution in [0.15, 0.2) is 139 Å². The zero-order valence-electron chi connectivity index (χ0n) is 48.1. The van der Waals surface area contributed by atoms with Crippen LogP contribution in [-0.2, 0) is 9.59 Å². The first-order chi connectivity index (χ1) is 41.9. The van der Waals surface area contributed by atoms with Gasteiger partial charge in [-0.3, -0.25) is 9.59 Å². The summed E-state index contributed by atoms with van der Waals surface area (Å²) in [6.45, 7) is 4.28. The maximum absolute atomic E-state index is 12.6. The molecule has 10 atom stereocenters. The minimum absolute atomic E-state index is 0.0253. The van der Waals surface area contributed by atoms with E-state index in [2.05, 4.69) is 74.3 Å². The van der Waals surface area contributed by atoms with Crippen LogP contribution in [0, 0.1) is 11.8 Å². The summed E-state index contributed by atoms with van der Waals surface area (Å²) in [5.41, 5.74) is 13.3. The molecular weight excluding hydrogens is 1090 g/mol. The van der Waals surface area contributed by atoms with Gasteiger partial charge < -0.3 is 66.2 Å². The standard InChI is InChI=1S/C64H75N15O7/c1-2-46(81)27-42-29-50(56(85)54(42)83)78-36-68-52-58(66-31-48(38-15-7-3-8-16-38)39-17-9-4-10-18-39)72-63(74-60(52)78)76-25-23-44(33-76)70-62(65)71-45-24-26-77(34-45)64-73-59(67-32-49(40-19-11-5-12-20-40)41-21-13-6-14-22-41)53-61(75-64)79(37-69-53)51-30-43(28-47(82)35-80)55(84)57(51)86/h3-22,36-37,42-45,48-51,54-57,80,83-86H,2,23-35H2,1H3,(H3,65,70,71)(H,66,72,74)(H,67,73,75)/t42-,43-,44+,45+,50+,51+,54+,55+,56-,57-/m0/s1. The van der Waals surface area contributed by atoms with E-state index in [-0.39, 0.29) is 49.0 Å². The Morgan fingerprint density at radius 2 is 1.02 bits per heavy atom. The number of nitrogens with two attached hydrogens (primary N) is 1. The van der Waals surface area contributed by atoms with E-state index >= 15 is 0 Å². The van der Waals surface area contributed by atoms with Crippen molar-refractivity contribution in [1.82, 2.24) is 44.4 Å². The lowest BCUT2D eigenvalue weighted by atomic mass is 9.91. The summed E-state index contributed by atoms with van der Waals surface area (Å²) in [6.07, 6.45) is 1.15. The van der Waals surface area contributed by atoms with Crippen molar-refractivity contribution in [2.24, 2.45) is 22.6 Å². The predicted molar refractivity (Wildman–Crippen MR) is 328 cm³/mol. The Labute approximate surface area is 498 Å². The van der Waals surface area contributed by atoms with Crippen molar-refractivity contribution in [1.29, 1.82) is 0 Å². The molecule has 4 aromatic heterocycles. The van der Waals surface area contributed by atoms with Gasteiger partial charge in [-0.2, -0.15) is 19.9 Å². The van der Waals surface area contributed by atoms with Crippen LogP contribution < -0.4 is 31.5 Å². The zero-order valence-corrected chi connectivity index (χ0v) is 48.1. The number of guanidine groups is 1. The number of hydrogen-bond donors (Lipinski definition) is 9. The number of Topliss-reactive ketones (excluding diaryl/α,β-unsaturated/α-hetero) is 2. The van der Waals surface area contributed by atoms with Gasteiger partial charge in [0.1, 0.15) is 24.6 Å². The second-order valence-electron chi connectivity index (χ2n) is 23.5. The Kier molecular flexibility index (Phi) is 17.3. The number of imidazole rings is 2. The summed E-state index contributed by atoms with van der Waals surface area (Å²) in [4.78, 5) is 64.2. The van der Waals surface area contributed by atoms with E-state index in [1.165, 1.54) is 0 Å². The highest BCUT2D eigenvalue weighted by molar-refractivity contribution is 5.86. The Balaban J connectivity index is 0.782. The lowest BCUT2D eigenvalue weighted by Crippen LogP contribution is -2.42. The van der Waals surface area contributed by atoms with E-state index in [4.69, 9.17) is 40.6 Å². The summed E-state index contributed by atoms with van der Waals surface area (Å²) in [6, 6.07) is 39.6. The van der Waals surface area contributed by atoms with Crippen LogP contribution in [0.25, 0.3) is 22.3 Å². The van der Waals surface area contributed by atoms with Crippen molar-refractivity contribution < 1.29 is 35.1 Å². The number of aliphatic hydroxyl groups is 5. The van der Waals surface area contributed by atoms with E-state index in [1.54, 1.807) is 24.1 Å². The third-order valence-corrected chi connectivity index (χ3v) is 18.0. The van der Waals surface area contributed by atoms with Gasteiger partial charge in [0.2, 0.25) is 11.9 Å². The van der Waals surface area contributed by atoms with Gasteiger partial charge in [-0.05, 0) is 59.8 Å². The maximum Gasteiger partial charge on any atom is 0.229 e. The largest absolute Gasteiger partial charge is 0.390 e. The first kappa shape index (κ1) is 58.0. The van der Waals surface area contributed by atoms with Crippen molar-refractivity contribution in [3.63, 3.8) is 0 Å². The number of aromatic nitrogens is 8. The molecule has 86 heavy (non-hydrogen) atoms. The number of carbonyl (C=O) groups is 2. The number of benzene rings is 4. The lowest BCUT2D eigenvalue weighted by molar-refractivity contribution is -0.123. The zero-order chi connectivity index (χ0) is 59.4. The molecule has 448 valence electrons. The van der Waals surface area contributed by atoms with Gasteiger partial charge in [-0.1, -0.05) is 128 Å². The summed E-state index contributed by atoms with van der Waals surface area (Å²) in [5.74, 6) is 0.825. The van der Waals surface area contributed by atoms with Crippen LogP contribution in [0.1, 0.15) is 98.0 Å². The highest BCUT2D eigenvalue weighted by Gasteiger charge is 2.45. The molecular formula is C64H75N15O7. The van der Waals surface area contributed by atoms with Crippen molar-refractivity contribution in [3.05, 3.63) is 156 Å². The van der Waals surface area contributed by atoms with Gasteiger partial charge in [0.05, 0.1) is 43.0 Å². The molecule has 0 spiro atoms. The van der Waals surface area contributed by atoms with Crippen molar-refractivity contribution in [3.8, 4) is 0 Å². The molecule has 12 rings (SSSR count). The number of nitrogens with one attached hydrogen (secondary N) is 3. The molecule has 2 saturated carbocycles. The topological polar surface area (TPSA) is 303 Å². The number of anilines is 4. The molecule has 2 saturated heterocycles. The van der Waals surface area contributed by atoms with Crippen LogP contribution in [0.5, 0.6) is 0 Å². The molecule has 4 fully saturated rings. The fourth-order valence-electron chi connectivity index (χ4n) is 13.3. The number of hydrogen-bond acceptors (Lipinski definition) is 18. The van der Waals surface area contributed by atoms with Crippen LogP contribution in [0.2, 0.25) is 0 Å². The molecule has 0 unspecified atom stereocenters. The van der Waals surface area contributed by atoms with Crippen LogP contribution in [0.3, 0.4) is 0 Å². The first-order valence-electron chi connectivity index (χ1n) is 30.0. The average Bonchev–Trinajstić information content (AvgIpc) is 4.42. The minimum atomic E-state index is -1.21. The number of ketones is 2. The molecule has 10 N–H and O–H groups in total. The second kappa shape index (κ2) is 25.7. The molecule has 22 heteroatoms. The van der Waals surface area contributed by atoms with Gasteiger partial charge in [0.15, 0.2) is 45.7 Å². The van der Waals surface area contributed by atoms with Gasteiger partial charge in [0.25, 0.3) is 0 Å². The monoisotopic (exact) mass is 1170 g/mol. The van der Waals surface area contributed by atoms with Crippen molar-refractivity contribution in [2.45, 2.75) is 112 Å². The van der Waals surface area contributed by atoms with Crippen LogP contribution in [0.4, 0.5) is 23.5 Å². The van der Waals surface area contributed by atoms with E-state index < -0.39 is 60.7 Å². The molecule has 22 nitrogen and oxygen atoms in total. The van der Waals surface area contributed by atoms with E-state index in [0.717, 1.165) is 22.3 Å². The quantitative estimate of drug-likeness (QED) is 0.0315. The van der Waals surface area contributed by atoms with Crippen LogP contribution >= 0.6 is 0 Å². The number of aliphatic imine (C=N–C) groups is 1. The van der Waals surface area contributed by atoms with E-state index in [0.29, 0.717) is 117 Å². The Morgan fingerprint density at radius 1 is 0.593 bits per heavy atom. The molecule has 0 radical (unpaired) electrons. The first-order valence-corrected chi connectivity index (χ1v) is 30.0. The smallest absolute Gasteiger partial charge is 0.229 e. The van der Waals surface area contributed by atoms with E-state index in [9.17, 15) is 35.1 Å². The molecule has 2 aliphatic carbocycles. The summed E-state index contributed by atoms with van der Waals surface area (Å²) < 4.78 is 3.60. The summed E-state index contributed by atoms with van der Waals surface area (Å²) in [5, 5.41) is 65.6. The third-order valence-electron chi connectivity index (χ3n) is 18.0. The predicted octanol–water partition coefficient (Wildman–Crippen LogP) is 5.10. The fraction of sp³-hybridized carbons (Fsp3) is 0.422. The van der Waals surface area contributed by atoms with Gasteiger partial charge in [-0.25, -0.2) is 15.0 Å². The number of nitrogens with zero attached hydrogens (tertiary/aromatic N) is 11. The Bertz CT molecular complexity index is 3570. The normalized spacial score (nSPS) is 24.2. The highest BCUT2D eigenvalue weighted by atomic mass is 16.3. The van der Waals surface area contributed by atoms with E-state index in [1.807, 2.05) is 77.4 Å². The molecule has 0 amide bonds. The molecule has 6 heterocycles. The molecule has 2 aliphatic heterocycles. The summed E-state index contributed by atoms with van der Waals surface area (Å²) in [7, 11) is 0. The van der Waals surface area contributed by atoms with Gasteiger partial charge >= 0.3 is 0 Å². The second-order valence-corrected chi connectivity index (χ2v) is 23.5. The summed E-state index contributed by atoms with van der Waals surface area (Å²) >= 11 is 0. The van der Waals surface area contributed by atoms with Crippen molar-refractivity contribution >= 4 is 63.4 Å². The fourth-order valence-corrected chi connectivity index (χ4v) is 13.3. The molecule has 4 aliphatic rings. The number of fused-ring (bicyclic) bond motifs is 2. The molecule has 8 aromatic rings. The molecule has 4 aromatic carbocycles. The van der Waals surface area contributed by atoms with Crippen LogP contribution in [-0.4, -0.2) is 164 Å². The molecule has 0 bridgehead atoms. The maximum atomic E-state index is 12.6. The highest BCUT2D eigenvalue weighted by Crippen LogP contribution is 2.42. The lowest BCUT2D eigenvalue weighted by Gasteiger charge is -2.22. The number of aliphatic hydroxyl groups excluding tert-OH is 5. The SMILES string of the molecule is CCC(=O)C[C@H]1C[C@@H](n2cnc3c(NCC(c4ccccc4)c4ccccc4)nc(N4CC[C@@H](N=C(N)N[C@@H]5CCN(c6nc(NCC(c7ccccc7)c7ccccc7)c7ncn([C@@H]8C[C@H](CC(=O)CO)[C@@H](O)[C@H]8O)c7n6)C5)C4)nc32)[C@H](O)[C@@H]1O. The Morgan fingerprint density at radius 3 is 1.47 bits per heavy atom. The third kappa shape index (κ3) is 12.2.